The van der Waals surface area contributed by atoms with Gasteiger partial charge in [0.25, 0.3) is 0 Å². The van der Waals surface area contributed by atoms with E-state index >= 15 is 0 Å². The van der Waals surface area contributed by atoms with E-state index in [4.69, 9.17) is 45.3 Å². The summed E-state index contributed by atoms with van der Waals surface area (Å²) in [6.45, 7) is 7.43. The molecule has 0 radical (unpaired) electrons. The lowest BCUT2D eigenvalue weighted by molar-refractivity contribution is -0.145. The molecule has 1 aromatic carbocycles. The fourth-order valence-electron chi connectivity index (χ4n) is 3.03. The van der Waals surface area contributed by atoms with Gasteiger partial charge in [-0.3, -0.25) is 14.4 Å². The lowest BCUT2D eigenvalue weighted by atomic mass is 10.0. The summed E-state index contributed by atoms with van der Waals surface area (Å²) in [5, 5.41) is 8.82. The molecule has 5 N–H and O–H groups in total. The van der Waals surface area contributed by atoms with Gasteiger partial charge >= 0.3 is 5.97 Å². The highest BCUT2D eigenvalue weighted by molar-refractivity contribution is 6.67. The van der Waals surface area contributed by atoms with E-state index in [1.807, 2.05) is 51.1 Å². The number of nitrogens with one attached hydrogen (secondary N) is 3. The van der Waals surface area contributed by atoms with Gasteiger partial charge in [0.2, 0.25) is 15.6 Å². The molecule has 0 saturated carbocycles. The highest BCUT2D eigenvalue weighted by Crippen LogP contribution is 2.26. The Labute approximate surface area is 216 Å². The number of rotatable bonds is 12. The molecular weight excluding hydrogens is 503 g/mol. The van der Waals surface area contributed by atoms with Crippen molar-refractivity contribution in [2.45, 2.75) is 74.4 Å². The predicted molar refractivity (Wildman–Crippen MR) is 136 cm³/mol. The Kier molecular flexibility index (Phi) is 12.6. The van der Waals surface area contributed by atoms with Gasteiger partial charge in [-0.1, -0.05) is 65.1 Å². The first kappa shape index (κ1) is 30.5. The summed E-state index contributed by atoms with van der Waals surface area (Å²) in [6.07, 6.45) is 1.19. The number of amides is 2. The van der Waals surface area contributed by atoms with Crippen molar-refractivity contribution in [2.24, 2.45) is 5.73 Å². The van der Waals surface area contributed by atoms with Crippen LogP contribution in [-0.2, 0) is 25.5 Å². The van der Waals surface area contributed by atoms with Crippen LogP contribution in [0.25, 0.3) is 0 Å². The number of alkyl halides is 3. The first-order valence-corrected chi connectivity index (χ1v) is 12.2. The monoisotopic (exact) mass is 536 g/mol. The van der Waals surface area contributed by atoms with Crippen LogP contribution in [-0.4, -0.2) is 58.4 Å². The molecule has 0 fully saturated rings. The van der Waals surface area contributed by atoms with Gasteiger partial charge in [-0.2, -0.15) is 0 Å². The maximum atomic E-state index is 12.9. The third-order valence-corrected chi connectivity index (χ3v) is 4.96. The lowest BCUT2D eigenvalue weighted by Crippen LogP contribution is -2.56. The Hall–Kier alpha value is -1.58. The molecular formula is C23H35Cl3N4O4. The van der Waals surface area contributed by atoms with Crippen molar-refractivity contribution in [3.05, 3.63) is 35.9 Å². The number of carbonyl (C=O) groups excluding carboxylic acids is 3. The van der Waals surface area contributed by atoms with E-state index in [2.05, 4.69) is 16.0 Å². The Morgan fingerprint density at radius 1 is 1.06 bits per heavy atom. The maximum Gasteiger partial charge on any atom is 0.323 e. The quantitative estimate of drug-likeness (QED) is 0.185. The van der Waals surface area contributed by atoms with Gasteiger partial charge in [-0.15, -0.1) is 0 Å². The van der Waals surface area contributed by atoms with Crippen LogP contribution in [0.2, 0.25) is 0 Å². The minimum absolute atomic E-state index is 0.264. The molecule has 0 aromatic heterocycles. The predicted octanol–water partition coefficient (Wildman–Crippen LogP) is 2.63. The number of carbonyl (C=O) groups is 3. The second-order valence-corrected chi connectivity index (χ2v) is 11.6. The molecule has 0 saturated heterocycles. The molecule has 34 heavy (non-hydrogen) atoms. The van der Waals surface area contributed by atoms with Crippen molar-refractivity contribution in [1.29, 1.82) is 0 Å². The maximum absolute atomic E-state index is 12.9. The summed E-state index contributed by atoms with van der Waals surface area (Å²) >= 11 is 16.6. The average molecular weight is 538 g/mol. The minimum atomic E-state index is -1.70. The molecule has 2 amide bonds. The Morgan fingerprint density at radius 3 is 2.24 bits per heavy atom. The lowest BCUT2D eigenvalue weighted by Gasteiger charge is -2.29. The summed E-state index contributed by atoms with van der Waals surface area (Å²) < 4.78 is 3.13. The van der Waals surface area contributed by atoms with Crippen molar-refractivity contribution in [3.8, 4) is 0 Å². The highest BCUT2D eigenvalue weighted by atomic mass is 35.6. The van der Waals surface area contributed by atoms with Crippen molar-refractivity contribution in [1.82, 2.24) is 16.0 Å². The molecule has 0 heterocycles. The second-order valence-electron chi connectivity index (χ2n) is 9.13. The normalized spacial score (nSPS) is 14.6. The van der Waals surface area contributed by atoms with Crippen LogP contribution in [0.3, 0.4) is 0 Å². The van der Waals surface area contributed by atoms with E-state index in [0.29, 0.717) is 12.8 Å². The summed E-state index contributed by atoms with van der Waals surface area (Å²) in [4.78, 5) is 37.1. The molecule has 0 spiro atoms. The summed E-state index contributed by atoms with van der Waals surface area (Å²) in [6, 6.07) is 7.53. The summed E-state index contributed by atoms with van der Waals surface area (Å²) in [7, 11) is 0. The molecule has 3 atom stereocenters. The number of nitrogens with two attached hydrogens (primary N) is 1. The number of esters is 1. The number of benzene rings is 1. The van der Waals surface area contributed by atoms with Gasteiger partial charge in [0, 0.05) is 12.1 Å². The zero-order valence-electron chi connectivity index (χ0n) is 20.0. The zero-order chi connectivity index (χ0) is 25.9. The van der Waals surface area contributed by atoms with Gasteiger partial charge in [0.15, 0.2) is 0 Å². The van der Waals surface area contributed by atoms with E-state index in [-0.39, 0.29) is 30.3 Å². The van der Waals surface area contributed by atoms with Gasteiger partial charge < -0.3 is 26.4 Å². The number of halogens is 3. The first-order chi connectivity index (χ1) is 15.7. The van der Waals surface area contributed by atoms with E-state index in [9.17, 15) is 14.4 Å². The Balaban J connectivity index is 2.49. The smallest absolute Gasteiger partial charge is 0.323 e. The van der Waals surface area contributed by atoms with Crippen LogP contribution in [0.5, 0.6) is 0 Å². The molecule has 0 aliphatic heterocycles. The molecule has 1 rings (SSSR count). The fourth-order valence-corrected chi connectivity index (χ4v) is 3.19. The highest BCUT2D eigenvalue weighted by Gasteiger charge is 2.27. The fraction of sp³-hybridized carbons (Fsp3) is 0.609. The summed E-state index contributed by atoms with van der Waals surface area (Å²) in [5.74, 6) is -1.29. The molecule has 8 nitrogen and oxygen atoms in total. The molecule has 0 bridgehead atoms. The van der Waals surface area contributed by atoms with Crippen LogP contribution in [0.15, 0.2) is 30.3 Å². The van der Waals surface area contributed by atoms with E-state index in [1.54, 1.807) is 6.92 Å². The molecule has 3 unspecified atom stereocenters. The third kappa shape index (κ3) is 13.3. The van der Waals surface area contributed by atoms with E-state index < -0.39 is 34.5 Å². The van der Waals surface area contributed by atoms with Crippen LogP contribution < -0.4 is 21.7 Å². The van der Waals surface area contributed by atoms with Crippen LogP contribution in [0, 0.1) is 0 Å². The van der Waals surface area contributed by atoms with Crippen molar-refractivity contribution in [3.63, 3.8) is 0 Å². The minimum Gasteiger partial charge on any atom is -0.460 e. The van der Waals surface area contributed by atoms with Crippen LogP contribution in [0.4, 0.5) is 0 Å². The average Bonchev–Trinajstić information content (AvgIpc) is 2.73. The van der Waals surface area contributed by atoms with Crippen LogP contribution >= 0.6 is 34.8 Å². The second kappa shape index (κ2) is 14.1. The third-order valence-electron chi connectivity index (χ3n) is 4.63. The van der Waals surface area contributed by atoms with Gasteiger partial charge in [0.05, 0.1) is 6.04 Å². The van der Waals surface area contributed by atoms with Gasteiger partial charge in [-0.25, -0.2) is 0 Å². The first-order valence-electron chi connectivity index (χ1n) is 11.1. The van der Waals surface area contributed by atoms with Gasteiger partial charge in [0.1, 0.15) is 18.7 Å². The van der Waals surface area contributed by atoms with Crippen LogP contribution in [0.1, 0.15) is 46.1 Å². The molecule has 192 valence electrons. The standard InChI is InChI=1S/C23H35Cl3N4O4/c1-15(19(31)28-12-8-11-17(27)21(33)34-14-23(24,25)26)29-20(32)18(30-22(2,3)4)13-16-9-6-5-7-10-16/h5-7,9-10,15,17-18,30H,8,11-14,27H2,1-4H3,(H,28,31)(H,29,32). The van der Waals surface area contributed by atoms with E-state index in [0.717, 1.165) is 5.56 Å². The summed E-state index contributed by atoms with van der Waals surface area (Å²) in [5.41, 5.74) is 6.48. The Bertz CT molecular complexity index is 798. The largest absolute Gasteiger partial charge is 0.460 e. The molecule has 0 aliphatic carbocycles. The van der Waals surface area contributed by atoms with Crippen molar-refractivity contribution < 1.29 is 19.1 Å². The van der Waals surface area contributed by atoms with Crippen molar-refractivity contribution >= 4 is 52.6 Å². The van der Waals surface area contributed by atoms with Gasteiger partial charge in [-0.05, 0) is 52.5 Å². The molecule has 1 aromatic rings. The SMILES string of the molecule is CC(NC(=O)C(Cc1ccccc1)NC(C)(C)C)C(=O)NCCCC(N)C(=O)OCC(Cl)(Cl)Cl. The zero-order valence-corrected chi connectivity index (χ0v) is 22.3. The number of hydrogen-bond acceptors (Lipinski definition) is 6. The number of hydrogen-bond donors (Lipinski definition) is 4. The molecule has 11 heteroatoms. The molecule has 0 aliphatic rings. The Morgan fingerprint density at radius 2 is 1.68 bits per heavy atom. The van der Waals surface area contributed by atoms with Crippen molar-refractivity contribution in [2.75, 3.05) is 13.2 Å². The van der Waals surface area contributed by atoms with E-state index in [1.165, 1.54) is 0 Å². The topological polar surface area (TPSA) is 123 Å². The number of ether oxygens (including phenoxy) is 1.